The van der Waals surface area contributed by atoms with Crippen molar-refractivity contribution in [3.05, 3.63) is 0 Å². The van der Waals surface area contributed by atoms with Gasteiger partial charge in [-0.3, -0.25) is 4.79 Å². The van der Waals surface area contributed by atoms with Crippen molar-refractivity contribution in [3.8, 4) is 0 Å². The molecule has 0 N–H and O–H groups in total. The van der Waals surface area contributed by atoms with E-state index in [2.05, 4.69) is 5.16 Å². The minimum atomic E-state index is -4.42. The summed E-state index contributed by atoms with van der Waals surface area (Å²) in [7, 11) is 0. The van der Waals surface area contributed by atoms with Crippen molar-refractivity contribution < 1.29 is 22.8 Å². The van der Waals surface area contributed by atoms with E-state index in [0.29, 0.717) is 32.4 Å². The van der Waals surface area contributed by atoms with Gasteiger partial charge in [0.25, 0.3) is 0 Å². The van der Waals surface area contributed by atoms with Gasteiger partial charge in [-0.25, -0.2) is 0 Å². The number of amides is 1. The maximum atomic E-state index is 12.5. The SMILES string of the molecule is CCCC(=O)N1CCC2(CC1)CC(C(F)(F)F)=NO2. The molecule has 2 aliphatic rings. The van der Waals surface area contributed by atoms with Gasteiger partial charge in [-0.15, -0.1) is 0 Å². The fraction of sp³-hybridized carbons (Fsp3) is 0.833. The van der Waals surface area contributed by atoms with Crippen LogP contribution in [0.4, 0.5) is 13.2 Å². The second-order valence-corrected chi connectivity index (χ2v) is 5.12. The molecular formula is C12H17F3N2O2. The number of alkyl halides is 3. The highest BCUT2D eigenvalue weighted by Crippen LogP contribution is 2.38. The van der Waals surface area contributed by atoms with Gasteiger partial charge in [0.2, 0.25) is 5.91 Å². The number of likely N-dealkylation sites (tertiary alicyclic amines) is 1. The zero-order chi connectivity index (χ0) is 14.1. The molecule has 0 aromatic carbocycles. The minimum absolute atomic E-state index is 0.0623. The Morgan fingerprint density at radius 3 is 2.53 bits per heavy atom. The summed E-state index contributed by atoms with van der Waals surface area (Å²) in [5.74, 6) is 0.0623. The topological polar surface area (TPSA) is 41.9 Å². The number of piperidine rings is 1. The van der Waals surface area contributed by atoms with Crippen LogP contribution in [0.2, 0.25) is 0 Å². The number of carbonyl (C=O) groups is 1. The molecule has 0 saturated carbocycles. The van der Waals surface area contributed by atoms with E-state index in [-0.39, 0.29) is 12.3 Å². The molecule has 2 heterocycles. The summed E-state index contributed by atoms with van der Waals surface area (Å²) in [5.41, 5.74) is -1.70. The molecule has 7 heteroatoms. The Morgan fingerprint density at radius 2 is 2.05 bits per heavy atom. The molecule has 0 aromatic heterocycles. The highest BCUT2D eigenvalue weighted by atomic mass is 19.4. The van der Waals surface area contributed by atoms with E-state index in [4.69, 9.17) is 4.84 Å². The van der Waals surface area contributed by atoms with E-state index in [1.807, 2.05) is 6.92 Å². The first-order chi connectivity index (χ1) is 8.86. The van der Waals surface area contributed by atoms with Gasteiger partial charge < -0.3 is 9.74 Å². The van der Waals surface area contributed by atoms with Crippen LogP contribution in [-0.4, -0.2) is 41.4 Å². The third-order valence-corrected chi connectivity index (χ3v) is 3.66. The van der Waals surface area contributed by atoms with Crippen LogP contribution in [0, 0.1) is 0 Å². The molecule has 1 spiro atoms. The first-order valence-corrected chi connectivity index (χ1v) is 6.46. The normalized spacial score (nSPS) is 22.3. The van der Waals surface area contributed by atoms with Crippen molar-refractivity contribution in [2.75, 3.05) is 13.1 Å². The minimum Gasteiger partial charge on any atom is -0.388 e. The Bertz CT molecular complexity index is 385. The quantitative estimate of drug-likeness (QED) is 0.778. The Hall–Kier alpha value is -1.27. The number of hydrogen-bond acceptors (Lipinski definition) is 3. The van der Waals surface area contributed by atoms with Crippen molar-refractivity contribution >= 4 is 11.6 Å². The van der Waals surface area contributed by atoms with E-state index in [0.717, 1.165) is 6.42 Å². The largest absolute Gasteiger partial charge is 0.432 e. The van der Waals surface area contributed by atoms with Gasteiger partial charge in [0.15, 0.2) is 5.71 Å². The van der Waals surface area contributed by atoms with Crippen molar-refractivity contribution in [2.45, 2.75) is 50.8 Å². The summed E-state index contributed by atoms with van der Waals surface area (Å²) < 4.78 is 37.6. The number of hydrogen-bond donors (Lipinski definition) is 0. The highest BCUT2D eigenvalue weighted by molar-refractivity contribution is 5.91. The predicted molar refractivity (Wildman–Crippen MR) is 62.6 cm³/mol. The molecule has 0 unspecified atom stereocenters. The van der Waals surface area contributed by atoms with Crippen molar-refractivity contribution in [1.29, 1.82) is 0 Å². The van der Waals surface area contributed by atoms with E-state index in [9.17, 15) is 18.0 Å². The van der Waals surface area contributed by atoms with Crippen molar-refractivity contribution in [1.82, 2.24) is 4.90 Å². The summed E-state index contributed by atoms with van der Waals surface area (Å²) >= 11 is 0. The first kappa shape index (κ1) is 14.1. The molecule has 0 radical (unpaired) electrons. The summed E-state index contributed by atoms with van der Waals surface area (Å²) in [5, 5.41) is 3.18. The van der Waals surface area contributed by atoms with Crippen molar-refractivity contribution in [3.63, 3.8) is 0 Å². The lowest BCUT2D eigenvalue weighted by molar-refractivity contribution is -0.136. The molecule has 1 saturated heterocycles. The molecule has 0 bridgehead atoms. The standard InChI is InChI=1S/C12H17F3N2O2/c1-2-3-10(18)17-6-4-11(5-7-17)8-9(16-19-11)12(13,14)15/h2-8H2,1H3. The second-order valence-electron chi connectivity index (χ2n) is 5.12. The molecule has 4 nitrogen and oxygen atoms in total. The zero-order valence-electron chi connectivity index (χ0n) is 10.8. The maximum absolute atomic E-state index is 12.5. The van der Waals surface area contributed by atoms with Gasteiger partial charge in [0.05, 0.1) is 0 Å². The summed E-state index contributed by atoms with van der Waals surface area (Å²) in [6, 6.07) is 0. The lowest BCUT2D eigenvalue weighted by Gasteiger charge is -2.37. The lowest BCUT2D eigenvalue weighted by atomic mass is 9.86. The van der Waals surface area contributed by atoms with Gasteiger partial charge in [-0.1, -0.05) is 12.1 Å². The van der Waals surface area contributed by atoms with Crippen LogP contribution in [0.3, 0.4) is 0 Å². The summed E-state index contributed by atoms with van der Waals surface area (Å²) in [6.07, 6.45) is -2.54. The number of rotatable bonds is 2. The van der Waals surface area contributed by atoms with E-state index >= 15 is 0 Å². The molecular weight excluding hydrogens is 261 g/mol. The van der Waals surface area contributed by atoms with E-state index < -0.39 is 17.5 Å². The number of carbonyl (C=O) groups excluding carboxylic acids is 1. The summed E-state index contributed by atoms with van der Waals surface area (Å²) in [6.45, 7) is 2.81. The number of nitrogens with zero attached hydrogens (tertiary/aromatic N) is 2. The van der Waals surface area contributed by atoms with Crippen LogP contribution in [0.15, 0.2) is 5.16 Å². The molecule has 2 rings (SSSR count). The smallest absolute Gasteiger partial charge is 0.388 e. The van der Waals surface area contributed by atoms with Crippen LogP contribution < -0.4 is 0 Å². The van der Waals surface area contributed by atoms with Gasteiger partial charge >= 0.3 is 6.18 Å². The second kappa shape index (κ2) is 5.02. The van der Waals surface area contributed by atoms with E-state index in [1.54, 1.807) is 4.90 Å². The zero-order valence-corrected chi connectivity index (χ0v) is 10.8. The fourth-order valence-electron chi connectivity index (χ4n) is 2.48. The van der Waals surface area contributed by atoms with Gasteiger partial charge in [-0.05, 0) is 6.42 Å². The van der Waals surface area contributed by atoms with Gasteiger partial charge in [0.1, 0.15) is 5.60 Å². The van der Waals surface area contributed by atoms with Gasteiger partial charge in [-0.2, -0.15) is 13.2 Å². The third kappa shape index (κ3) is 3.01. The monoisotopic (exact) mass is 278 g/mol. The van der Waals surface area contributed by atoms with Crippen LogP contribution in [0.1, 0.15) is 39.0 Å². The molecule has 1 amide bonds. The first-order valence-electron chi connectivity index (χ1n) is 6.46. The third-order valence-electron chi connectivity index (χ3n) is 3.66. The fourth-order valence-corrected chi connectivity index (χ4v) is 2.48. The molecule has 108 valence electrons. The Labute approximate surface area is 109 Å². The molecule has 0 atom stereocenters. The molecule has 0 aromatic rings. The highest BCUT2D eigenvalue weighted by Gasteiger charge is 2.50. The Balaban J connectivity index is 1.90. The molecule has 19 heavy (non-hydrogen) atoms. The predicted octanol–water partition coefficient (Wildman–Crippen LogP) is 2.49. The van der Waals surface area contributed by atoms with Crippen LogP contribution >= 0.6 is 0 Å². The average molecular weight is 278 g/mol. The number of halogens is 3. The van der Waals surface area contributed by atoms with Crippen LogP contribution in [0.5, 0.6) is 0 Å². The van der Waals surface area contributed by atoms with Crippen LogP contribution in [0.25, 0.3) is 0 Å². The van der Waals surface area contributed by atoms with Crippen molar-refractivity contribution in [2.24, 2.45) is 5.16 Å². The molecule has 0 aliphatic carbocycles. The lowest BCUT2D eigenvalue weighted by Crippen LogP contribution is -2.47. The summed E-state index contributed by atoms with van der Waals surface area (Å²) in [4.78, 5) is 18.4. The van der Waals surface area contributed by atoms with Gasteiger partial charge in [0, 0.05) is 38.8 Å². The molecule has 1 fully saturated rings. The average Bonchev–Trinajstić information content (AvgIpc) is 2.74. The Kier molecular flexibility index (Phi) is 3.73. The van der Waals surface area contributed by atoms with E-state index in [1.165, 1.54) is 0 Å². The number of oxime groups is 1. The van der Waals surface area contributed by atoms with Crippen LogP contribution in [-0.2, 0) is 9.63 Å². The Morgan fingerprint density at radius 1 is 1.42 bits per heavy atom. The molecule has 2 aliphatic heterocycles. The maximum Gasteiger partial charge on any atom is 0.432 e.